The average molecular weight is 316 g/mol. The van der Waals surface area contributed by atoms with Crippen molar-refractivity contribution in [3.05, 3.63) is 29.6 Å². The minimum atomic E-state index is -3.85. The first-order chi connectivity index (χ1) is 9.84. The molecule has 1 saturated heterocycles. The van der Waals surface area contributed by atoms with Crippen LogP contribution in [-0.4, -0.2) is 45.1 Å². The molecule has 2 unspecified atom stereocenters. The SMILES string of the molecule is CNCc1ccc(F)c(S(=O)(=O)N2CC(C)OC(C)C2)c1. The van der Waals surface area contributed by atoms with E-state index in [0.717, 1.165) is 5.56 Å². The Labute approximate surface area is 125 Å². The minimum Gasteiger partial charge on any atom is -0.373 e. The lowest BCUT2D eigenvalue weighted by Gasteiger charge is -2.34. The molecule has 0 saturated carbocycles. The second kappa shape index (κ2) is 6.39. The molecule has 0 bridgehead atoms. The Morgan fingerprint density at radius 2 is 1.95 bits per heavy atom. The first kappa shape index (κ1) is 16.4. The molecule has 5 nitrogen and oxygen atoms in total. The summed E-state index contributed by atoms with van der Waals surface area (Å²) in [6.07, 6.45) is -0.404. The molecule has 1 aliphatic heterocycles. The molecule has 1 N–H and O–H groups in total. The van der Waals surface area contributed by atoms with Gasteiger partial charge in [-0.15, -0.1) is 0 Å². The van der Waals surface area contributed by atoms with E-state index in [0.29, 0.717) is 6.54 Å². The molecule has 1 aromatic carbocycles. The van der Waals surface area contributed by atoms with Crippen molar-refractivity contribution in [3.8, 4) is 0 Å². The molecular weight excluding hydrogens is 295 g/mol. The zero-order valence-corrected chi connectivity index (χ0v) is 13.3. The van der Waals surface area contributed by atoms with Crippen molar-refractivity contribution in [1.29, 1.82) is 0 Å². The Morgan fingerprint density at radius 1 is 1.33 bits per heavy atom. The minimum absolute atomic E-state index is 0.202. The molecule has 1 fully saturated rings. The zero-order chi connectivity index (χ0) is 15.6. The fourth-order valence-electron chi connectivity index (χ4n) is 2.53. The number of ether oxygens (including phenoxy) is 1. The number of hydrogen-bond donors (Lipinski definition) is 1. The standard InChI is InChI=1S/C14H21FN2O3S/c1-10-8-17(9-11(2)20-10)21(18,19)14-6-12(7-16-3)4-5-13(14)15/h4-6,10-11,16H,7-9H2,1-3H3. The van der Waals surface area contributed by atoms with Crippen molar-refractivity contribution in [2.45, 2.75) is 37.5 Å². The maximum absolute atomic E-state index is 14.0. The van der Waals surface area contributed by atoms with Crippen LogP contribution in [0, 0.1) is 5.82 Å². The fourth-order valence-corrected chi connectivity index (χ4v) is 4.23. The zero-order valence-electron chi connectivity index (χ0n) is 12.5. The van der Waals surface area contributed by atoms with Gasteiger partial charge >= 0.3 is 0 Å². The van der Waals surface area contributed by atoms with Crippen LogP contribution >= 0.6 is 0 Å². The van der Waals surface area contributed by atoms with Gasteiger partial charge in [0, 0.05) is 19.6 Å². The summed E-state index contributed by atoms with van der Waals surface area (Å²) in [5.41, 5.74) is 0.729. The maximum Gasteiger partial charge on any atom is 0.246 e. The summed E-state index contributed by atoms with van der Waals surface area (Å²) in [5.74, 6) is -0.721. The Morgan fingerprint density at radius 3 is 2.52 bits per heavy atom. The summed E-state index contributed by atoms with van der Waals surface area (Å²) in [6, 6.07) is 4.17. The highest BCUT2D eigenvalue weighted by Crippen LogP contribution is 2.24. The van der Waals surface area contributed by atoms with Gasteiger partial charge in [-0.3, -0.25) is 0 Å². The maximum atomic E-state index is 14.0. The summed E-state index contributed by atoms with van der Waals surface area (Å²) in [5, 5.41) is 2.92. The van der Waals surface area contributed by atoms with Crippen LogP contribution in [0.1, 0.15) is 19.4 Å². The lowest BCUT2D eigenvalue weighted by atomic mass is 10.2. The highest BCUT2D eigenvalue weighted by atomic mass is 32.2. The first-order valence-corrected chi connectivity index (χ1v) is 8.37. The molecule has 7 heteroatoms. The topological polar surface area (TPSA) is 58.6 Å². The van der Waals surface area contributed by atoms with Crippen molar-refractivity contribution < 1.29 is 17.5 Å². The van der Waals surface area contributed by atoms with Crippen molar-refractivity contribution in [1.82, 2.24) is 9.62 Å². The van der Waals surface area contributed by atoms with E-state index < -0.39 is 15.8 Å². The van der Waals surface area contributed by atoms with Crippen LogP contribution < -0.4 is 5.32 Å². The molecule has 2 rings (SSSR count). The molecule has 0 aromatic heterocycles. The lowest BCUT2D eigenvalue weighted by Crippen LogP contribution is -2.48. The Hall–Kier alpha value is -1.02. The molecule has 1 aliphatic rings. The Bertz CT molecular complexity index is 596. The summed E-state index contributed by atoms with van der Waals surface area (Å²) >= 11 is 0. The van der Waals surface area contributed by atoms with Crippen LogP contribution in [-0.2, 0) is 21.3 Å². The predicted octanol–water partition coefficient (Wildman–Crippen LogP) is 1.34. The molecule has 0 aliphatic carbocycles. The van der Waals surface area contributed by atoms with Crippen molar-refractivity contribution in [2.75, 3.05) is 20.1 Å². The number of sulfonamides is 1. The summed E-state index contributed by atoms with van der Waals surface area (Å²) < 4.78 is 46.2. The van der Waals surface area contributed by atoms with Gasteiger partial charge in [-0.05, 0) is 38.6 Å². The number of nitrogens with zero attached hydrogens (tertiary/aromatic N) is 1. The molecule has 0 spiro atoms. The molecule has 2 atom stereocenters. The van der Waals surface area contributed by atoms with E-state index in [1.807, 2.05) is 13.8 Å². The average Bonchev–Trinajstić information content (AvgIpc) is 2.40. The van der Waals surface area contributed by atoms with Gasteiger partial charge in [-0.2, -0.15) is 4.31 Å². The molecule has 1 aromatic rings. The van der Waals surface area contributed by atoms with Gasteiger partial charge < -0.3 is 10.1 Å². The van der Waals surface area contributed by atoms with Crippen LogP contribution in [0.5, 0.6) is 0 Å². The molecular formula is C14H21FN2O3S. The van der Waals surface area contributed by atoms with Gasteiger partial charge in [0.2, 0.25) is 10.0 Å². The van der Waals surface area contributed by atoms with Gasteiger partial charge in [0.05, 0.1) is 12.2 Å². The van der Waals surface area contributed by atoms with Gasteiger partial charge in [-0.1, -0.05) is 6.07 Å². The first-order valence-electron chi connectivity index (χ1n) is 6.93. The van der Waals surface area contributed by atoms with Crippen molar-refractivity contribution in [2.24, 2.45) is 0 Å². The lowest BCUT2D eigenvalue weighted by molar-refractivity contribution is -0.0441. The smallest absolute Gasteiger partial charge is 0.246 e. The molecule has 0 radical (unpaired) electrons. The molecule has 0 amide bonds. The molecule has 21 heavy (non-hydrogen) atoms. The van der Waals surface area contributed by atoms with Gasteiger partial charge in [0.15, 0.2) is 0 Å². The van der Waals surface area contributed by atoms with Crippen molar-refractivity contribution in [3.63, 3.8) is 0 Å². The predicted molar refractivity (Wildman–Crippen MR) is 77.9 cm³/mol. The quantitative estimate of drug-likeness (QED) is 0.911. The molecule has 118 valence electrons. The Kier molecular flexibility index (Phi) is 4.98. The van der Waals surface area contributed by atoms with Gasteiger partial charge in [-0.25, -0.2) is 12.8 Å². The monoisotopic (exact) mass is 316 g/mol. The van der Waals surface area contributed by atoms with E-state index in [1.54, 1.807) is 13.1 Å². The van der Waals surface area contributed by atoms with Gasteiger partial charge in [0.25, 0.3) is 0 Å². The number of nitrogens with one attached hydrogen (secondary N) is 1. The number of rotatable bonds is 4. The third-order valence-electron chi connectivity index (χ3n) is 3.38. The largest absolute Gasteiger partial charge is 0.373 e. The third-order valence-corrected chi connectivity index (χ3v) is 5.23. The summed E-state index contributed by atoms with van der Waals surface area (Å²) in [4.78, 5) is -0.267. The third kappa shape index (κ3) is 3.60. The fraction of sp³-hybridized carbons (Fsp3) is 0.571. The van der Waals surface area contributed by atoms with Crippen LogP contribution in [0.2, 0.25) is 0 Å². The number of hydrogen-bond acceptors (Lipinski definition) is 4. The summed E-state index contributed by atoms with van der Waals surface area (Å²) in [6.45, 7) is 4.58. The molecule has 1 heterocycles. The van der Waals surface area contributed by atoms with E-state index in [4.69, 9.17) is 4.74 Å². The highest BCUT2D eigenvalue weighted by molar-refractivity contribution is 7.89. The van der Waals surface area contributed by atoms with Crippen LogP contribution in [0.15, 0.2) is 23.1 Å². The van der Waals surface area contributed by atoms with E-state index in [-0.39, 0.29) is 30.2 Å². The van der Waals surface area contributed by atoms with E-state index in [1.165, 1.54) is 16.4 Å². The number of halogens is 1. The van der Waals surface area contributed by atoms with Crippen molar-refractivity contribution >= 4 is 10.0 Å². The van der Waals surface area contributed by atoms with Gasteiger partial charge in [0.1, 0.15) is 10.7 Å². The second-order valence-corrected chi connectivity index (χ2v) is 7.28. The summed E-state index contributed by atoms with van der Waals surface area (Å²) in [7, 11) is -2.10. The normalized spacial score (nSPS) is 24.2. The van der Waals surface area contributed by atoms with Crippen LogP contribution in [0.4, 0.5) is 4.39 Å². The number of benzene rings is 1. The number of morpholine rings is 1. The second-order valence-electron chi connectivity index (χ2n) is 5.37. The van der Waals surface area contributed by atoms with Crippen LogP contribution in [0.25, 0.3) is 0 Å². The Balaban J connectivity index is 2.36. The van der Waals surface area contributed by atoms with E-state index in [9.17, 15) is 12.8 Å². The van der Waals surface area contributed by atoms with E-state index >= 15 is 0 Å². The highest BCUT2D eigenvalue weighted by Gasteiger charge is 2.33. The van der Waals surface area contributed by atoms with E-state index in [2.05, 4.69) is 5.32 Å². The van der Waals surface area contributed by atoms with Crippen LogP contribution in [0.3, 0.4) is 0 Å².